The van der Waals surface area contributed by atoms with E-state index >= 15 is 0 Å². The second-order valence-electron chi connectivity index (χ2n) is 21.1. The second-order valence-corrected chi connectivity index (χ2v) is 21.1. The van der Waals surface area contributed by atoms with Gasteiger partial charge in [-0.15, -0.1) is 0 Å². The molecule has 6 nitrogen and oxygen atoms in total. The fourth-order valence-electron chi connectivity index (χ4n) is 9.76. The maximum Gasteiger partial charge on any atom is 0.249 e. The molecule has 0 rings (SSSR count). The van der Waals surface area contributed by atoms with Crippen LogP contribution < -0.4 is 5.32 Å². The third-order valence-corrected chi connectivity index (χ3v) is 14.5. The topological polar surface area (TPSA) is 110 Å². The van der Waals surface area contributed by atoms with Crippen LogP contribution in [-0.2, 0) is 4.79 Å². The molecule has 0 aromatic heterocycles. The molecule has 6 heteroatoms. The highest BCUT2D eigenvalue weighted by molar-refractivity contribution is 5.80. The molecule has 0 radical (unpaired) electrons. The van der Waals surface area contributed by atoms with Crippen molar-refractivity contribution in [2.24, 2.45) is 0 Å². The van der Waals surface area contributed by atoms with Crippen molar-refractivity contribution in [1.82, 2.24) is 5.32 Å². The van der Waals surface area contributed by atoms with Crippen molar-refractivity contribution in [2.45, 2.75) is 359 Å². The lowest BCUT2D eigenvalue weighted by molar-refractivity contribution is -0.132. The first-order valence-corrected chi connectivity index (χ1v) is 30.1. The van der Waals surface area contributed by atoms with Crippen LogP contribution in [-0.4, -0.2) is 57.3 Å². The van der Waals surface area contributed by atoms with Gasteiger partial charge < -0.3 is 25.7 Å². The van der Waals surface area contributed by atoms with Crippen LogP contribution in [0.4, 0.5) is 0 Å². The first-order valence-electron chi connectivity index (χ1n) is 30.1. The molecule has 0 saturated carbocycles. The van der Waals surface area contributed by atoms with Crippen LogP contribution >= 0.6 is 0 Å². The molecule has 0 aliphatic heterocycles. The number of hydrogen-bond acceptors (Lipinski definition) is 5. The lowest BCUT2D eigenvalue weighted by Gasteiger charge is -2.27. The lowest BCUT2D eigenvalue weighted by Crippen LogP contribution is -2.53. The third-order valence-electron chi connectivity index (χ3n) is 14.5. The Morgan fingerprint density at radius 2 is 0.621 bits per heavy atom. The second kappa shape index (κ2) is 55.0. The van der Waals surface area contributed by atoms with Gasteiger partial charge in [-0.25, -0.2) is 0 Å². The summed E-state index contributed by atoms with van der Waals surface area (Å²) in [6, 6.07) is -0.999. The van der Waals surface area contributed by atoms with Crippen molar-refractivity contribution in [1.29, 1.82) is 0 Å². The molecule has 4 unspecified atom stereocenters. The lowest BCUT2D eigenvalue weighted by atomic mass is 10.00. The summed E-state index contributed by atoms with van der Waals surface area (Å²) in [5.41, 5.74) is 0. The molecule has 0 heterocycles. The Morgan fingerprint density at radius 1 is 0.364 bits per heavy atom. The minimum Gasteiger partial charge on any atom is -0.394 e. The fourth-order valence-corrected chi connectivity index (χ4v) is 9.76. The van der Waals surface area contributed by atoms with E-state index in [9.17, 15) is 25.2 Å². The van der Waals surface area contributed by atoms with Gasteiger partial charge in [-0.05, 0) is 38.5 Å². The molecule has 1 amide bonds. The van der Waals surface area contributed by atoms with Crippen LogP contribution in [0.2, 0.25) is 0 Å². The van der Waals surface area contributed by atoms with E-state index in [1.54, 1.807) is 0 Å². The SMILES string of the molecule is CCCCCCCCCCCCCCC/C=C/CCCC(O)C(O)C(CO)NC(=O)C(O)CCCCCCCCCCCCCCCCCCCCCCCCCCCCCCCCCC. The van der Waals surface area contributed by atoms with Crippen molar-refractivity contribution in [3.63, 3.8) is 0 Å². The van der Waals surface area contributed by atoms with E-state index in [4.69, 9.17) is 0 Å². The molecule has 66 heavy (non-hydrogen) atoms. The molecule has 0 spiro atoms. The minimum absolute atomic E-state index is 0.369. The first-order chi connectivity index (χ1) is 32.5. The molecule has 0 bridgehead atoms. The number of carbonyl (C=O) groups excluding carboxylic acids is 1. The summed E-state index contributed by atoms with van der Waals surface area (Å²) in [5, 5.41) is 44.0. The average molecular weight is 935 g/mol. The van der Waals surface area contributed by atoms with Gasteiger partial charge >= 0.3 is 0 Å². The standard InChI is InChI=1S/C60H119NO5/c1-3-5-7-9-11-13-15-17-19-21-23-24-25-26-27-28-29-30-31-32-33-34-35-36-38-40-42-44-46-48-50-52-54-58(64)60(66)61-56(55-62)59(65)57(63)53-51-49-47-45-43-41-39-37-22-20-18-16-14-12-10-8-6-4-2/h45,47,56-59,62-65H,3-44,46,48-55H2,1-2H3,(H,61,66)/b47-45+. The number of aliphatic hydroxyl groups excluding tert-OH is 4. The summed E-state index contributed by atoms with van der Waals surface area (Å²) < 4.78 is 0. The first kappa shape index (κ1) is 65.0. The number of allylic oxidation sites excluding steroid dienone is 2. The number of aliphatic hydroxyl groups is 4. The molecule has 4 atom stereocenters. The van der Waals surface area contributed by atoms with Gasteiger partial charge in [0.15, 0.2) is 0 Å². The summed E-state index contributed by atoms with van der Waals surface area (Å²) in [7, 11) is 0. The van der Waals surface area contributed by atoms with E-state index in [0.717, 1.165) is 38.5 Å². The van der Waals surface area contributed by atoms with E-state index < -0.39 is 36.9 Å². The Kier molecular flexibility index (Phi) is 54.2. The zero-order valence-electron chi connectivity index (χ0n) is 44.7. The monoisotopic (exact) mass is 934 g/mol. The summed E-state index contributed by atoms with van der Waals surface area (Å²) >= 11 is 0. The van der Waals surface area contributed by atoms with Gasteiger partial charge in [-0.2, -0.15) is 0 Å². The number of hydrogen-bond donors (Lipinski definition) is 5. The summed E-state index contributed by atoms with van der Waals surface area (Å²) in [6.45, 7) is 4.08. The molecule has 0 aliphatic carbocycles. The molecule has 0 fully saturated rings. The molecular weight excluding hydrogens is 815 g/mol. The summed E-state index contributed by atoms with van der Waals surface area (Å²) in [5.74, 6) is -0.586. The van der Waals surface area contributed by atoms with Crippen molar-refractivity contribution < 1.29 is 25.2 Å². The Morgan fingerprint density at radius 3 is 0.909 bits per heavy atom. The molecular formula is C60H119NO5. The molecule has 0 aromatic rings. The number of nitrogens with one attached hydrogen (secondary N) is 1. The van der Waals surface area contributed by atoms with Gasteiger partial charge in [0.25, 0.3) is 0 Å². The average Bonchev–Trinajstić information content (AvgIpc) is 3.32. The highest BCUT2D eigenvalue weighted by atomic mass is 16.3. The number of amides is 1. The Hall–Kier alpha value is -0.950. The fraction of sp³-hybridized carbons (Fsp3) is 0.950. The van der Waals surface area contributed by atoms with Gasteiger partial charge in [-0.3, -0.25) is 4.79 Å². The highest BCUT2D eigenvalue weighted by Crippen LogP contribution is 2.19. The van der Waals surface area contributed by atoms with Crippen LogP contribution in [0.1, 0.15) is 335 Å². The summed E-state index contributed by atoms with van der Waals surface area (Å²) in [4.78, 5) is 12.6. The van der Waals surface area contributed by atoms with Crippen LogP contribution in [0.5, 0.6) is 0 Å². The molecule has 5 N–H and O–H groups in total. The summed E-state index contributed by atoms with van der Waals surface area (Å²) in [6.07, 6.45) is 65.9. The van der Waals surface area contributed by atoms with Gasteiger partial charge in [0, 0.05) is 0 Å². The largest absolute Gasteiger partial charge is 0.394 e. The van der Waals surface area contributed by atoms with E-state index in [1.807, 2.05) is 0 Å². The van der Waals surface area contributed by atoms with Gasteiger partial charge in [0.2, 0.25) is 5.91 Å². The van der Waals surface area contributed by atoms with Crippen LogP contribution in [0.3, 0.4) is 0 Å². The predicted molar refractivity (Wildman–Crippen MR) is 288 cm³/mol. The van der Waals surface area contributed by atoms with E-state index in [0.29, 0.717) is 12.8 Å². The zero-order chi connectivity index (χ0) is 48.1. The van der Waals surface area contributed by atoms with Gasteiger partial charge in [-0.1, -0.05) is 309 Å². The van der Waals surface area contributed by atoms with E-state index in [2.05, 4.69) is 31.3 Å². The molecule has 0 saturated heterocycles. The van der Waals surface area contributed by atoms with Gasteiger partial charge in [0.05, 0.1) is 18.8 Å². The Labute approximate surface area is 412 Å². The predicted octanol–water partition coefficient (Wildman–Crippen LogP) is 17.6. The van der Waals surface area contributed by atoms with Crippen molar-refractivity contribution in [3.05, 3.63) is 12.2 Å². The quantitative estimate of drug-likeness (QED) is 0.0308. The van der Waals surface area contributed by atoms with Crippen LogP contribution in [0, 0.1) is 0 Å². The number of unbranched alkanes of at least 4 members (excludes halogenated alkanes) is 45. The third kappa shape index (κ3) is 48.1. The van der Waals surface area contributed by atoms with Crippen molar-refractivity contribution in [2.75, 3.05) is 6.61 Å². The maximum atomic E-state index is 12.6. The Bertz CT molecular complexity index is 959. The van der Waals surface area contributed by atoms with E-state index in [-0.39, 0.29) is 0 Å². The molecule has 0 aliphatic rings. The maximum absolute atomic E-state index is 12.6. The van der Waals surface area contributed by atoms with Crippen molar-refractivity contribution in [3.8, 4) is 0 Å². The normalized spacial score (nSPS) is 13.7. The zero-order valence-corrected chi connectivity index (χ0v) is 44.7. The smallest absolute Gasteiger partial charge is 0.249 e. The number of rotatable bonds is 56. The van der Waals surface area contributed by atoms with E-state index in [1.165, 1.54) is 270 Å². The minimum atomic E-state index is -1.28. The van der Waals surface area contributed by atoms with Crippen molar-refractivity contribution >= 4 is 5.91 Å². The Balaban J connectivity index is 3.55. The van der Waals surface area contributed by atoms with Crippen LogP contribution in [0.15, 0.2) is 12.2 Å². The van der Waals surface area contributed by atoms with Gasteiger partial charge in [0.1, 0.15) is 12.2 Å². The molecule has 0 aromatic carbocycles. The number of carbonyl (C=O) groups is 1. The molecule has 394 valence electrons. The van der Waals surface area contributed by atoms with Crippen LogP contribution in [0.25, 0.3) is 0 Å². The highest BCUT2D eigenvalue weighted by Gasteiger charge is 2.28.